The van der Waals surface area contributed by atoms with E-state index in [0.29, 0.717) is 5.92 Å². The Hall–Kier alpha value is -1.56. The minimum Gasteiger partial charge on any atom is -0.0622 e. The molecule has 0 N–H and O–H groups in total. The monoisotopic (exact) mass is 226 g/mol. The van der Waals surface area contributed by atoms with Gasteiger partial charge in [-0.2, -0.15) is 0 Å². The summed E-state index contributed by atoms with van der Waals surface area (Å²) in [5.74, 6) is 0.659. The SMILES string of the molecule is CC(C)c1ccccc1.Cc1ccccc1C. The average molecular weight is 226 g/mol. The van der Waals surface area contributed by atoms with Gasteiger partial charge in [0.1, 0.15) is 0 Å². The first-order valence-electron chi connectivity index (χ1n) is 6.18. The highest BCUT2D eigenvalue weighted by atomic mass is 14.0. The molecular weight excluding hydrogens is 204 g/mol. The van der Waals surface area contributed by atoms with E-state index in [0.717, 1.165) is 0 Å². The smallest absolute Gasteiger partial charge is 0.0219 e. The van der Waals surface area contributed by atoms with Crippen LogP contribution in [0.4, 0.5) is 0 Å². The van der Waals surface area contributed by atoms with Gasteiger partial charge in [0.05, 0.1) is 0 Å². The molecule has 17 heavy (non-hydrogen) atoms. The van der Waals surface area contributed by atoms with Gasteiger partial charge in [-0.05, 0) is 36.5 Å². The van der Waals surface area contributed by atoms with Crippen molar-refractivity contribution >= 4 is 0 Å². The summed E-state index contributed by atoms with van der Waals surface area (Å²) in [4.78, 5) is 0. The van der Waals surface area contributed by atoms with Crippen LogP contribution in [0, 0.1) is 13.8 Å². The molecule has 0 aromatic heterocycles. The molecule has 0 unspecified atom stereocenters. The van der Waals surface area contributed by atoms with Gasteiger partial charge in [-0.25, -0.2) is 0 Å². The highest BCUT2D eigenvalue weighted by Crippen LogP contribution is 2.11. The Morgan fingerprint density at radius 1 is 0.647 bits per heavy atom. The summed E-state index contributed by atoms with van der Waals surface area (Å²) in [7, 11) is 0. The lowest BCUT2D eigenvalue weighted by atomic mass is 10.0. The molecule has 0 atom stereocenters. The Balaban J connectivity index is 0.000000171. The van der Waals surface area contributed by atoms with E-state index in [4.69, 9.17) is 0 Å². The van der Waals surface area contributed by atoms with Gasteiger partial charge in [-0.3, -0.25) is 0 Å². The van der Waals surface area contributed by atoms with E-state index in [1.807, 2.05) is 6.07 Å². The molecule has 0 saturated carbocycles. The molecule has 0 aliphatic carbocycles. The molecule has 0 heterocycles. The zero-order valence-electron chi connectivity index (χ0n) is 11.3. The van der Waals surface area contributed by atoms with E-state index in [1.54, 1.807) is 0 Å². The van der Waals surface area contributed by atoms with Crippen LogP contribution in [0.5, 0.6) is 0 Å². The Bertz CT molecular complexity index is 406. The van der Waals surface area contributed by atoms with E-state index in [-0.39, 0.29) is 0 Å². The van der Waals surface area contributed by atoms with Gasteiger partial charge in [0.25, 0.3) is 0 Å². The highest BCUT2D eigenvalue weighted by molar-refractivity contribution is 5.23. The highest BCUT2D eigenvalue weighted by Gasteiger charge is 1.93. The molecule has 0 radical (unpaired) electrons. The first-order chi connectivity index (χ1) is 8.11. The van der Waals surface area contributed by atoms with Crippen LogP contribution in [0.25, 0.3) is 0 Å². The van der Waals surface area contributed by atoms with E-state index in [1.165, 1.54) is 16.7 Å². The number of hydrogen-bond donors (Lipinski definition) is 0. The van der Waals surface area contributed by atoms with Gasteiger partial charge in [0.2, 0.25) is 0 Å². The predicted octanol–water partition coefficient (Wildman–Crippen LogP) is 5.11. The largest absolute Gasteiger partial charge is 0.0622 e. The number of rotatable bonds is 1. The Morgan fingerprint density at radius 3 is 1.35 bits per heavy atom. The molecule has 0 bridgehead atoms. The summed E-state index contributed by atoms with van der Waals surface area (Å²) in [5.41, 5.74) is 4.15. The topological polar surface area (TPSA) is 0 Å². The fraction of sp³-hybridized carbons (Fsp3) is 0.294. The normalized spacial score (nSPS) is 9.71. The van der Waals surface area contributed by atoms with E-state index in [2.05, 4.69) is 76.2 Å². The second-order valence-electron chi connectivity index (χ2n) is 4.65. The minimum atomic E-state index is 0.659. The first kappa shape index (κ1) is 13.5. The molecule has 2 rings (SSSR count). The summed E-state index contributed by atoms with van der Waals surface area (Å²) < 4.78 is 0. The fourth-order valence-electron chi connectivity index (χ4n) is 1.50. The van der Waals surface area contributed by atoms with Crippen molar-refractivity contribution in [1.82, 2.24) is 0 Å². The van der Waals surface area contributed by atoms with E-state index in [9.17, 15) is 0 Å². The van der Waals surface area contributed by atoms with Crippen LogP contribution >= 0.6 is 0 Å². The van der Waals surface area contributed by atoms with Crippen molar-refractivity contribution in [1.29, 1.82) is 0 Å². The summed E-state index contributed by atoms with van der Waals surface area (Å²) in [6.45, 7) is 8.65. The molecule has 0 saturated heterocycles. The lowest BCUT2D eigenvalue weighted by Gasteiger charge is -2.01. The molecule has 0 nitrogen and oxygen atoms in total. The maximum atomic E-state index is 2.20. The maximum absolute atomic E-state index is 2.20. The van der Waals surface area contributed by atoms with Crippen LogP contribution in [0.3, 0.4) is 0 Å². The van der Waals surface area contributed by atoms with Crippen LogP contribution in [0.15, 0.2) is 54.6 Å². The lowest BCUT2D eigenvalue weighted by Crippen LogP contribution is -1.83. The number of hydrogen-bond acceptors (Lipinski definition) is 0. The molecule has 0 heteroatoms. The van der Waals surface area contributed by atoms with Crippen LogP contribution in [0.2, 0.25) is 0 Å². The summed E-state index contributed by atoms with van der Waals surface area (Å²) in [6.07, 6.45) is 0. The molecule has 2 aromatic carbocycles. The summed E-state index contributed by atoms with van der Waals surface area (Å²) >= 11 is 0. The van der Waals surface area contributed by atoms with Crippen molar-refractivity contribution in [2.45, 2.75) is 33.6 Å². The van der Waals surface area contributed by atoms with Crippen molar-refractivity contribution in [3.05, 3.63) is 71.3 Å². The molecule has 2 aromatic rings. The quantitative estimate of drug-likeness (QED) is 0.633. The van der Waals surface area contributed by atoms with Crippen molar-refractivity contribution < 1.29 is 0 Å². The lowest BCUT2D eigenvalue weighted by molar-refractivity contribution is 0.867. The van der Waals surface area contributed by atoms with Crippen LogP contribution in [0.1, 0.15) is 36.5 Å². The molecule has 0 amide bonds. The third-order valence-electron chi connectivity index (χ3n) is 2.89. The van der Waals surface area contributed by atoms with Crippen LogP contribution in [-0.4, -0.2) is 0 Å². The van der Waals surface area contributed by atoms with Gasteiger partial charge in [-0.15, -0.1) is 0 Å². The van der Waals surface area contributed by atoms with Gasteiger partial charge in [0.15, 0.2) is 0 Å². The van der Waals surface area contributed by atoms with E-state index >= 15 is 0 Å². The molecule has 0 spiro atoms. The fourth-order valence-corrected chi connectivity index (χ4v) is 1.50. The molecule has 90 valence electrons. The standard InChI is InChI=1S/C9H12.C8H10/c1-8(2)9-6-4-3-5-7-9;1-7-5-3-4-6-8(7)2/h3-8H,1-2H3;3-6H,1-2H3. The number of aryl methyl sites for hydroxylation is 2. The van der Waals surface area contributed by atoms with Crippen molar-refractivity contribution in [3.8, 4) is 0 Å². The van der Waals surface area contributed by atoms with Crippen LogP contribution < -0.4 is 0 Å². The Kier molecular flexibility index (Phi) is 5.48. The maximum Gasteiger partial charge on any atom is -0.0219 e. The third kappa shape index (κ3) is 4.86. The predicted molar refractivity (Wildman–Crippen MR) is 76.4 cm³/mol. The first-order valence-corrected chi connectivity index (χ1v) is 6.18. The molecular formula is C17H22. The van der Waals surface area contributed by atoms with Crippen molar-refractivity contribution in [3.63, 3.8) is 0 Å². The molecule has 0 fully saturated rings. The summed E-state index contributed by atoms with van der Waals surface area (Å²) in [6, 6.07) is 18.9. The zero-order chi connectivity index (χ0) is 12.7. The van der Waals surface area contributed by atoms with Gasteiger partial charge in [-0.1, -0.05) is 68.4 Å². The third-order valence-corrected chi connectivity index (χ3v) is 2.89. The van der Waals surface area contributed by atoms with Gasteiger partial charge >= 0.3 is 0 Å². The Labute approximate surface area is 105 Å². The second-order valence-corrected chi connectivity index (χ2v) is 4.65. The summed E-state index contributed by atoms with van der Waals surface area (Å²) in [5, 5.41) is 0. The minimum absolute atomic E-state index is 0.659. The molecule has 0 aliphatic heterocycles. The number of benzene rings is 2. The second kappa shape index (κ2) is 6.90. The van der Waals surface area contributed by atoms with Crippen molar-refractivity contribution in [2.24, 2.45) is 0 Å². The molecule has 0 aliphatic rings. The average Bonchev–Trinajstić information content (AvgIpc) is 2.35. The van der Waals surface area contributed by atoms with Gasteiger partial charge < -0.3 is 0 Å². The zero-order valence-corrected chi connectivity index (χ0v) is 11.3. The van der Waals surface area contributed by atoms with Gasteiger partial charge in [0, 0.05) is 0 Å². The van der Waals surface area contributed by atoms with E-state index < -0.39 is 0 Å². The Morgan fingerprint density at radius 2 is 1.06 bits per heavy atom. The van der Waals surface area contributed by atoms with Crippen molar-refractivity contribution in [2.75, 3.05) is 0 Å². The van der Waals surface area contributed by atoms with Crippen LogP contribution in [-0.2, 0) is 0 Å².